The molecular formula is C12H10BrN3O2. The van der Waals surface area contributed by atoms with E-state index in [2.05, 4.69) is 26.2 Å². The fourth-order valence-electron chi connectivity index (χ4n) is 2.37. The zero-order valence-corrected chi connectivity index (χ0v) is 11.2. The van der Waals surface area contributed by atoms with Gasteiger partial charge in [-0.3, -0.25) is 9.59 Å². The minimum absolute atomic E-state index is 0.217. The maximum absolute atomic E-state index is 12.4. The van der Waals surface area contributed by atoms with Crippen LogP contribution in [-0.4, -0.2) is 23.9 Å². The van der Waals surface area contributed by atoms with Crippen LogP contribution in [0.3, 0.4) is 0 Å². The molecule has 0 unspecified atom stereocenters. The van der Waals surface area contributed by atoms with Gasteiger partial charge in [-0.1, -0.05) is 22.0 Å². The summed E-state index contributed by atoms with van der Waals surface area (Å²) in [4.78, 5) is 25.9. The molecule has 2 amide bonds. The molecular weight excluding hydrogens is 298 g/mol. The number of hydrogen-bond acceptors (Lipinski definition) is 4. The third kappa shape index (κ3) is 1.38. The molecule has 2 heterocycles. The molecule has 2 aliphatic heterocycles. The Morgan fingerprint density at radius 3 is 2.89 bits per heavy atom. The van der Waals surface area contributed by atoms with Crippen LogP contribution in [0, 0.1) is 5.92 Å². The molecule has 1 aromatic carbocycles. The highest BCUT2D eigenvalue weighted by Gasteiger charge is 2.59. The smallest absolute Gasteiger partial charge is 0.264 e. The van der Waals surface area contributed by atoms with Gasteiger partial charge in [0.15, 0.2) is 5.54 Å². The lowest BCUT2D eigenvalue weighted by atomic mass is 9.90. The van der Waals surface area contributed by atoms with Gasteiger partial charge in [0.25, 0.3) is 5.91 Å². The number of fused-ring (bicyclic) bond motifs is 1. The standard InChI is InChI=1S/C12H10BrN3O2/c1-12-9(6-14-15-12)10(17)16(11(12)18)8-4-2-3-7(13)5-8/h2-5,9H,6H2,1H3/t9-,12+/m1/s1. The van der Waals surface area contributed by atoms with E-state index < -0.39 is 11.5 Å². The predicted molar refractivity (Wildman–Crippen MR) is 68.3 cm³/mol. The molecule has 0 spiro atoms. The van der Waals surface area contributed by atoms with Gasteiger partial charge >= 0.3 is 0 Å². The number of halogens is 1. The molecule has 0 saturated carbocycles. The second-order valence-electron chi connectivity index (χ2n) is 4.58. The van der Waals surface area contributed by atoms with Crippen molar-refractivity contribution in [1.29, 1.82) is 0 Å². The SMILES string of the molecule is C[C@]12N=NC[C@@H]1C(=O)N(c1cccc(Br)c1)C2=O. The Bertz CT molecular complexity index is 586. The molecule has 1 saturated heterocycles. The summed E-state index contributed by atoms with van der Waals surface area (Å²) in [6.45, 7) is 1.97. The van der Waals surface area contributed by atoms with Gasteiger partial charge in [-0.2, -0.15) is 10.2 Å². The van der Waals surface area contributed by atoms with Crippen molar-refractivity contribution in [3.8, 4) is 0 Å². The molecule has 92 valence electrons. The van der Waals surface area contributed by atoms with Crippen LogP contribution in [0.4, 0.5) is 5.69 Å². The van der Waals surface area contributed by atoms with Crippen LogP contribution in [0.2, 0.25) is 0 Å². The number of amides is 2. The fraction of sp³-hybridized carbons (Fsp3) is 0.333. The number of azo groups is 1. The van der Waals surface area contributed by atoms with Crippen LogP contribution in [0.5, 0.6) is 0 Å². The lowest BCUT2D eigenvalue weighted by Crippen LogP contribution is -2.37. The first-order valence-electron chi connectivity index (χ1n) is 5.56. The van der Waals surface area contributed by atoms with Gasteiger partial charge in [-0.05, 0) is 25.1 Å². The summed E-state index contributed by atoms with van der Waals surface area (Å²) in [5.74, 6) is -0.966. The number of hydrogen-bond donors (Lipinski definition) is 0. The number of imide groups is 1. The third-order valence-corrected chi connectivity index (χ3v) is 3.94. The van der Waals surface area contributed by atoms with E-state index >= 15 is 0 Å². The molecule has 0 N–H and O–H groups in total. The minimum Gasteiger partial charge on any atom is -0.274 e. The number of nitrogens with zero attached hydrogens (tertiary/aromatic N) is 3. The first-order chi connectivity index (χ1) is 8.54. The van der Waals surface area contributed by atoms with Crippen LogP contribution >= 0.6 is 15.9 Å². The van der Waals surface area contributed by atoms with Crippen molar-refractivity contribution in [3.05, 3.63) is 28.7 Å². The topological polar surface area (TPSA) is 62.1 Å². The van der Waals surface area contributed by atoms with Gasteiger partial charge < -0.3 is 0 Å². The summed E-state index contributed by atoms with van der Waals surface area (Å²) >= 11 is 3.33. The zero-order chi connectivity index (χ0) is 12.9. The summed E-state index contributed by atoms with van der Waals surface area (Å²) in [7, 11) is 0. The van der Waals surface area contributed by atoms with E-state index in [1.165, 1.54) is 4.90 Å². The summed E-state index contributed by atoms with van der Waals surface area (Å²) < 4.78 is 0.824. The molecule has 0 radical (unpaired) electrons. The van der Waals surface area contributed by atoms with Gasteiger partial charge in [-0.25, -0.2) is 4.90 Å². The van der Waals surface area contributed by atoms with Crippen molar-refractivity contribution in [2.75, 3.05) is 11.4 Å². The molecule has 1 fully saturated rings. The Morgan fingerprint density at radius 1 is 1.44 bits per heavy atom. The van der Waals surface area contributed by atoms with Gasteiger partial charge in [0.1, 0.15) is 0 Å². The Balaban J connectivity index is 2.07. The van der Waals surface area contributed by atoms with Crippen molar-refractivity contribution in [1.82, 2.24) is 0 Å². The monoisotopic (exact) mass is 307 g/mol. The van der Waals surface area contributed by atoms with Crippen molar-refractivity contribution in [3.63, 3.8) is 0 Å². The average Bonchev–Trinajstić information content (AvgIpc) is 2.79. The van der Waals surface area contributed by atoms with Gasteiger partial charge in [0.2, 0.25) is 5.91 Å². The number of carbonyl (C=O) groups is 2. The molecule has 2 atom stereocenters. The van der Waals surface area contributed by atoms with Crippen LogP contribution in [-0.2, 0) is 9.59 Å². The lowest BCUT2D eigenvalue weighted by molar-refractivity contribution is -0.122. The molecule has 1 aromatic rings. The number of rotatable bonds is 1. The second-order valence-corrected chi connectivity index (χ2v) is 5.50. The maximum atomic E-state index is 12.4. The maximum Gasteiger partial charge on any atom is 0.264 e. The molecule has 3 rings (SSSR count). The molecule has 0 bridgehead atoms. The van der Waals surface area contributed by atoms with Gasteiger partial charge in [0, 0.05) is 4.47 Å². The first kappa shape index (κ1) is 11.5. The normalized spacial score (nSPS) is 30.1. The van der Waals surface area contributed by atoms with E-state index in [4.69, 9.17) is 0 Å². The largest absolute Gasteiger partial charge is 0.274 e. The third-order valence-electron chi connectivity index (χ3n) is 3.44. The summed E-state index contributed by atoms with van der Waals surface area (Å²) in [6.07, 6.45) is 0. The Labute approximate surface area is 112 Å². The minimum atomic E-state index is -1.01. The Hall–Kier alpha value is -1.56. The van der Waals surface area contributed by atoms with Crippen molar-refractivity contribution < 1.29 is 9.59 Å². The van der Waals surface area contributed by atoms with Crippen molar-refractivity contribution >= 4 is 33.4 Å². The van der Waals surface area contributed by atoms with E-state index in [0.717, 1.165) is 4.47 Å². The van der Waals surface area contributed by atoms with Crippen LogP contribution < -0.4 is 4.90 Å². The molecule has 0 aliphatic carbocycles. The van der Waals surface area contributed by atoms with Crippen LogP contribution in [0.25, 0.3) is 0 Å². The lowest BCUT2D eigenvalue weighted by Gasteiger charge is -2.16. The molecule has 6 heteroatoms. The van der Waals surface area contributed by atoms with Crippen LogP contribution in [0.1, 0.15) is 6.92 Å². The zero-order valence-electron chi connectivity index (χ0n) is 9.63. The highest BCUT2D eigenvalue weighted by molar-refractivity contribution is 9.10. The quantitative estimate of drug-likeness (QED) is 0.746. The van der Waals surface area contributed by atoms with Crippen LogP contribution in [0.15, 0.2) is 39.0 Å². The van der Waals surface area contributed by atoms with Crippen molar-refractivity contribution in [2.24, 2.45) is 16.1 Å². The van der Waals surface area contributed by atoms with Gasteiger partial charge in [-0.15, -0.1) is 0 Å². The predicted octanol–water partition coefficient (Wildman–Crippen LogP) is 2.16. The Kier molecular flexibility index (Phi) is 2.38. The van der Waals surface area contributed by atoms with E-state index in [-0.39, 0.29) is 11.8 Å². The highest BCUT2D eigenvalue weighted by Crippen LogP contribution is 2.40. The first-order valence-corrected chi connectivity index (χ1v) is 6.36. The van der Waals surface area contributed by atoms with E-state index in [1.54, 1.807) is 25.1 Å². The summed E-state index contributed by atoms with van der Waals surface area (Å²) in [5.41, 5.74) is -0.440. The molecule has 0 aromatic heterocycles. The van der Waals surface area contributed by atoms with E-state index in [9.17, 15) is 9.59 Å². The number of anilines is 1. The van der Waals surface area contributed by atoms with Gasteiger partial charge in [0.05, 0.1) is 18.2 Å². The van der Waals surface area contributed by atoms with Crippen molar-refractivity contribution in [2.45, 2.75) is 12.5 Å². The fourth-order valence-corrected chi connectivity index (χ4v) is 2.76. The number of carbonyl (C=O) groups excluding carboxylic acids is 2. The van der Waals surface area contributed by atoms with E-state index in [1.807, 2.05) is 6.07 Å². The number of benzene rings is 1. The molecule has 18 heavy (non-hydrogen) atoms. The summed E-state index contributed by atoms with van der Waals surface area (Å²) in [6, 6.07) is 7.12. The highest BCUT2D eigenvalue weighted by atomic mass is 79.9. The molecule has 5 nitrogen and oxygen atoms in total. The average molecular weight is 308 g/mol. The Morgan fingerprint density at radius 2 is 2.22 bits per heavy atom. The second kappa shape index (κ2) is 3.71. The summed E-state index contributed by atoms with van der Waals surface area (Å²) in [5, 5.41) is 7.79. The molecule has 2 aliphatic rings. The van der Waals surface area contributed by atoms with E-state index in [0.29, 0.717) is 12.2 Å².